The summed E-state index contributed by atoms with van der Waals surface area (Å²) in [4.78, 5) is 25.4. The minimum atomic E-state index is -0.799. The third-order valence-corrected chi connectivity index (χ3v) is 6.94. The number of likely N-dealkylation sites (tertiary alicyclic amines) is 1. The SMILES string of the molecule is Cc1n[nH]c2c1OC1(CC[N+](C(=O)O)(C3CCOC3)C(C(C)(C)C)C1)CC2=O. The number of hydrogen-bond acceptors (Lipinski definition) is 5. The minimum absolute atomic E-state index is 0.0000265. The number of carboxylic acid groups (broad SMARTS) is 1. The van der Waals surface area contributed by atoms with Crippen LogP contribution in [0.15, 0.2) is 0 Å². The highest BCUT2D eigenvalue weighted by molar-refractivity contribution is 5.98. The highest BCUT2D eigenvalue weighted by Gasteiger charge is 2.63. The highest BCUT2D eigenvalue weighted by Crippen LogP contribution is 2.49. The van der Waals surface area contributed by atoms with E-state index in [-0.39, 0.29) is 34.2 Å². The first kappa shape index (κ1) is 19.4. The second-order valence-electron chi connectivity index (χ2n) is 9.69. The van der Waals surface area contributed by atoms with Gasteiger partial charge in [-0.3, -0.25) is 9.89 Å². The molecule has 4 atom stereocenters. The number of piperidine rings is 1. The predicted molar refractivity (Wildman–Crippen MR) is 100 cm³/mol. The van der Waals surface area contributed by atoms with E-state index in [2.05, 4.69) is 31.0 Å². The van der Waals surface area contributed by atoms with Crippen LogP contribution in [0, 0.1) is 12.3 Å². The summed E-state index contributed by atoms with van der Waals surface area (Å²) in [5, 5.41) is 17.3. The Labute approximate surface area is 164 Å². The number of amides is 1. The summed E-state index contributed by atoms with van der Waals surface area (Å²) in [7, 11) is 0. The third-order valence-electron chi connectivity index (χ3n) is 6.94. The van der Waals surface area contributed by atoms with Gasteiger partial charge >= 0.3 is 6.09 Å². The molecule has 4 rings (SSSR count). The summed E-state index contributed by atoms with van der Waals surface area (Å²) >= 11 is 0. The Kier molecular flexibility index (Phi) is 4.35. The summed E-state index contributed by atoms with van der Waals surface area (Å²) in [5.41, 5.74) is 0.160. The summed E-state index contributed by atoms with van der Waals surface area (Å²) in [6.07, 6.45) is 1.26. The summed E-state index contributed by atoms with van der Waals surface area (Å²) < 4.78 is 12.0. The van der Waals surface area contributed by atoms with Crippen molar-refractivity contribution in [2.24, 2.45) is 5.41 Å². The van der Waals surface area contributed by atoms with Crippen LogP contribution in [-0.2, 0) is 4.74 Å². The van der Waals surface area contributed by atoms with E-state index in [0.717, 1.165) is 6.42 Å². The number of aromatic amines is 1. The Morgan fingerprint density at radius 2 is 2.14 bits per heavy atom. The summed E-state index contributed by atoms with van der Waals surface area (Å²) in [6, 6.07) is -0.253. The van der Waals surface area contributed by atoms with Crippen LogP contribution in [0.3, 0.4) is 0 Å². The molecule has 2 N–H and O–H groups in total. The predicted octanol–water partition coefficient (Wildman–Crippen LogP) is 2.91. The number of hydrogen-bond donors (Lipinski definition) is 2. The maximum Gasteiger partial charge on any atom is 0.514 e. The first-order chi connectivity index (χ1) is 13.1. The number of ketones is 1. The lowest BCUT2D eigenvalue weighted by molar-refractivity contribution is -0.919. The van der Waals surface area contributed by atoms with Crippen molar-refractivity contribution in [2.75, 3.05) is 19.8 Å². The van der Waals surface area contributed by atoms with Crippen molar-refractivity contribution >= 4 is 11.9 Å². The molecule has 8 nitrogen and oxygen atoms in total. The second kappa shape index (κ2) is 6.29. The molecule has 2 saturated heterocycles. The van der Waals surface area contributed by atoms with Gasteiger partial charge in [0.25, 0.3) is 0 Å². The Bertz CT molecular complexity index is 807. The number of H-pyrrole nitrogens is 1. The smallest absolute Gasteiger partial charge is 0.482 e. The number of rotatable bonds is 1. The molecule has 28 heavy (non-hydrogen) atoms. The number of carbonyl (C=O) groups excluding carboxylic acids is 1. The molecule has 3 aliphatic rings. The fraction of sp³-hybridized carbons (Fsp3) is 0.750. The molecule has 8 heteroatoms. The number of nitrogens with one attached hydrogen (secondary N) is 1. The molecule has 3 aliphatic heterocycles. The standard InChI is InChI=1S/C20H29N3O5/c1-12-17-16(22-21-12)14(24)9-20(28-17)6-7-23(18(25)26,13-5-8-27-11-13)15(10-20)19(2,3)4/h13,15H,5-11H2,1-4H3,(H-,21,22,24,25,26)/p+1. The van der Waals surface area contributed by atoms with Crippen LogP contribution in [0.5, 0.6) is 5.75 Å². The van der Waals surface area contributed by atoms with E-state index in [9.17, 15) is 14.7 Å². The molecule has 0 aliphatic carbocycles. The Morgan fingerprint density at radius 3 is 2.75 bits per heavy atom. The van der Waals surface area contributed by atoms with Crippen LogP contribution in [-0.4, -0.2) is 69.1 Å². The van der Waals surface area contributed by atoms with Crippen molar-refractivity contribution in [3.8, 4) is 5.75 Å². The van der Waals surface area contributed by atoms with Crippen LogP contribution >= 0.6 is 0 Å². The quantitative estimate of drug-likeness (QED) is 0.713. The molecular formula is C20H30N3O5+. The molecule has 0 bridgehead atoms. The topological polar surface area (TPSA) is 102 Å². The van der Waals surface area contributed by atoms with Gasteiger partial charge in [0.05, 0.1) is 26.2 Å². The van der Waals surface area contributed by atoms with Crippen LogP contribution in [0.1, 0.15) is 62.6 Å². The Balaban J connectivity index is 1.74. The van der Waals surface area contributed by atoms with Crippen molar-refractivity contribution in [1.29, 1.82) is 0 Å². The molecule has 1 aromatic heterocycles. The van der Waals surface area contributed by atoms with Gasteiger partial charge in [-0.2, -0.15) is 9.89 Å². The molecule has 4 heterocycles. The van der Waals surface area contributed by atoms with Crippen LogP contribution < -0.4 is 4.74 Å². The van der Waals surface area contributed by atoms with Gasteiger partial charge in [0, 0.05) is 24.7 Å². The van der Waals surface area contributed by atoms with E-state index in [1.807, 2.05) is 6.92 Å². The molecule has 1 aromatic rings. The number of quaternary nitrogens is 1. The normalized spacial score (nSPS) is 35.6. The van der Waals surface area contributed by atoms with E-state index in [1.165, 1.54) is 0 Å². The minimum Gasteiger partial charge on any atom is -0.482 e. The van der Waals surface area contributed by atoms with Crippen LogP contribution in [0.2, 0.25) is 0 Å². The zero-order valence-electron chi connectivity index (χ0n) is 17.1. The van der Waals surface area contributed by atoms with Gasteiger partial charge in [-0.1, -0.05) is 20.8 Å². The molecule has 0 saturated carbocycles. The number of ether oxygens (including phenoxy) is 2. The van der Waals surface area contributed by atoms with Crippen LogP contribution in [0.25, 0.3) is 0 Å². The lowest BCUT2D eigenvalue weighted by Gasteiger charge is -2.56. The third kappa shape index (κ3) is 2.76. The van der Waals surface area contributed by atoms with Gasteiger partial charge in [-0.25, -0.2) is 4.48 Å². The van der Waals surface area contributed by atoms with Gasteiger partial charge in [0.2, 0.25) is 0 Å². The van der Waals surface area contributed by atoms with Gasteiger partial charge in [0.1, 0.15) is 29.1 Å². The monoisotopic (exact) mass is 392 g/mol. The van der Waals surface area contributed by atoms with E-state index in [1.54, 1.807) is 0 Å². The zero-order valence-corrected chi connectivity index (χ0v) is 17.1. The van der Waals surface area contributed by atoms with Gasteiger partial charge in [0.15, 0.2) is 11.5 Å². The number of aryl methyl sites for hydroxylation is 1. The first-order valence-electron chi connectivity index (χ1n) is 10.0. The Hall–Kier alpha value is -1.93. The van der Waals surface area contributed by atoms with E-state index >= 15 is 0 Å². The molecule has 1 amide bonds. The molecule has 1 spiro atoms. The fourth-order valence-electron chi connectivity index (χ4n) is 5.49. The second-order valence-corrected chi connectivity index (χ2v) is 9.69. The lowest BCUT2D eigenvalue weighted by atomic mass is 9.70. The van der Waals surface area contributed by atoms with Crippen molar-refractivity contribution in [1.82, 2.24) is 10.2 Å². The molecular weight excluding hydrogens is 362 g/mol. The number of carbonyl (C=O) groups is 2. The van der Waals surface area contributed by atoms with Crippen molar-refractivity contribution < 1.29 is 28.7 Å². The van der Waals surface area contributed by atoms with Crippen LogP contribution in [0.4, 0.5) is 4.79 Å². The largest absolute Gasteiger partial charge is 0.514 e. The molecule has 0 aromatic carbocycles. The van der Waals surface area contributed by atoms with Gasteiger partial charge in [-0.05, 0) is 6.92 Å². The van der Waals surface area contributed by atoms with E-state index < -0.39 is 11.7 Å². The van der Waals surface area contributed by atoms with Crippen molar-refractivity contribution in [2.45, 2.75) is 71.1 Å². The maximum atomic E-state index is 12.8. The fourth-order valence-corrected chi connectivity index (χ4v) is 5.49. The van der Waals surface area contributed by atoms with Crippen molar-refractivity contribution in [3.05, 3.63) is 11.4 Å². The maximum absolute atomic E-state index is 12.8. The van der Waals surface area contributed by atoms with Gasteiger partial charge < -0.3 is 14.6 Å². The highest BCUT2D eigenvalue weighted by atomic mass is 16.5. The number of aromatic nitrogens is 2. The molecule has 2 fully saturated rings. The summed E-state index contributed by atoms with van der Waals surface area (Å²) in [5.74, 6) is 0.525. The molecule has 154 valence electrons. The average Bonchev–Trinajstić information content (AvgIpc) is 3.25. The zero-order chi connectivity index (χ0) is 20.3. The molecule has 0 radical (unpaired) electrons. The average molecular weight is 392 g/mol. The van der Waals surface area contributed by atoms with E-state index in [4.69, 9.17) is 9.47 Å². The van der Waals surface area contributed by atoms with Crippen molar-refractivity contribution in [3.63, 3.8) is 0 Å². The number of fused-ring (bicyclic) bond motifs is 1. The molecule has 4 unspecified atom stereocenters. The number of Topliss-reactive ketones (excluding diaryl/α,β-unsaturated/α-hetero) is 1. The lowest BCUT2D eigenvalue weighted by Crippen LogP contribution is -2.73. The number of nitrogens with zero attached hydrogens (tertiary/aromatic N) is 2. The summed E-state index contributed by atoms with van der Waals surface area (Å²) in [6.45, 7) is 9.58. The Morgan fingerprint density at radius 1 is 1.39 bits per heavy atom. The van der Waals surface area contributed by atoms with Gasteiger partial charge in [-0.15, -0.1) is 0 Å². The first-order valence-corrected chi connectivity index (χ1v) is 10.0. The van der Waals surface area contributed by atoms with E-state index in [0.29, 0.717) is 49.7 Å².